The average Bonchev–Trinajstić information content (AvgIpc) is 2.07. The molecule has 0 radical (unpaired) electrons. The van der Waals surface area contributed by atoms with Crippen molar-refractivity contribution in [2.75, 3.05) is 7.11 Å². The van der Waals surface area contributed by atoms with E-state index in [4.69, 9.17) is 0 Å². The third-order valence-corrected chi connectivity index (χ3v) is 1.92. The largest absolute Gasteiger partial charge is 0.494 e. The highest BCUT2D eigenvalue weighted by Gasteiger charge is 2.18. The summed E-state index contributed by atoms with van der Waals surface area (Å²) in [6.07, 6.45) is -2.93. The number of ether oxygens (including phenoxy) is 1. The molecule has 0 aliphatic rings. The lowest BCUT2D eigenvalue weighted by Crippen LogP contribution is -1.98. The van der Waals surface area contributed by atoms with Crippen LogP contribution < -0.4 is 4.74 Å². The van der Waals surface area contributed by atoms with Crippen LogP contribution in [-0.2, 0) is 0 Å². The summed E-state index contributed by atoms with van der Waals surface area (Å²) in [4.78, 5) is 3.31. The van der Waals surface area contributed by atoms with Crippen LogP contribution in [-0.4, -0.2) is 12.1 Å². The van der Waals surface area contributed by atoms with E-state index in [0.717, 1.165) is 6.07 Å². The Kier molecular flexibility index (Phi) is 3.13. The number of halogens is 4. The van der Waals surface area contributed by atoms with Gasteiger partial charge in [-0.15, -0.1) is 0 Å². The summed E-state index contributed by atoms with van der Waals surface area (Å²) in [5.41, 5.74) is -0.882. The summed E-state index contributed by atoms with van der Waals surface area (Å²) < 4.78 is 41.7. The quantitative estimate of drug-likeness (QED) is 0.759. The molecule has 1 aromatic heterocycles. The van der Waals surface area contributed by atoms with E-state index in [1.807, 2.05) is 0 Å². The number of pyridine rings is 1. The average molecular weight is 256 g/mol. The summed E-state index contributed by atoms with van der Waals surface area (Å²) in [5.74, 6) is -0.989. The van der Waals surface area contributed by atoms with E-state index in [2.05, 4.69) is 25.7 Å². The van der Waals surface area contributed by atoms with E-state index in [1.54, 1.807) is 0 Å². The van der Waals surface area contributed by atoms with Crippen molar-refractivity contribution < 1.29 is 17.9 Å². The Balaban J connectivity index is 3.20. The molecular formula is C7H5BrF3NO. The maximum atomic E-state index is 12.8. The first-order valence-corrected chi connectivity index (χ1v) is 4.03. The maximum absolute atomic E-state index is 12.8. The number of aromatic nitrogens is 1. The van der Waals surface area contributed by atoms with Crippen molar-refractivity contribution in [1.29, 1.82) is 0 Å². The van der Waals surface area contributed by atoms with Crippen molar-refractivity contribution >= 4 is 15.9 Å². The molecule has 6 heteroatoms. The minimum absolute atomic E-state index is 0.0618. The fourth-order valence-corrected chi connectivity index (χ4v) is 1.23. The van der Waals surface area contributed by atoms with Crippen LogP contribution in [0.1, 0.15) is 12.1 Å². The number of nitrogens with zero attached hydrogens (tertiary/aromatic N) is 1. The second-order valence-corrected chi connectivity index (χ2v) is 2.90. The third kappa shape index (κ3) is 2.12. The summed E-state index contributed by atoms with van der Waals surface area (Å²) >= 11 is 2.87. The number of methoxy groups -OCH3 is 1. The van der Waals surface area contributed by atoms with E-state index in [9.17, 15) is 13.2 Å². The topological polar surface area (TPSA) is 22.1 Å². The molecule has 0 unspecified atom stereocenters. The second kappa shape index (κ2) is 3.95. The highest BCUT2D eigenvalue weighted by atomic mass is 79.9. The van der Waals surface area contributed by atoms with Crippen LogP contribution in [0, 0.1) is 5.82 Å². The van der Waals surface area contributed by atoms with Gasteiger partial charge in [0.2, 0.25) is 0 Å². The molecule has 72 valence electrons. The molecular weight excluding hydrogens is 251 g/mol. The summed E-state index contributed by atoms with van der Waals surface area (Å²) in [6, 6.07) is 0.860. The Morgan fingerprint density at radius 3 is 2.62 bits per heavy atom. The molecule has 0 saturated heterocycles. The van der Waals surface area contributed by atoms with E-state index in [1.165, 1.54) is 7.11 Å². The lowest BCUT2D eigenvalue weighted by atomic mass is 10.3. The molecule has 1 rings (SSSR count). The smallest absolute Gasteiger partial charge is 0.283 e. The molecule has 0 atom stereocenters. The van der Waals surface area contributed by atoms with E-state index in [-0.39, 0.29) is 10.4 Å². The fraction of sp³-hybridized carbons (Fsp3) is 0.286. The molecule has 0 bridgehead atoms. The number of hydrogen-bond donors (Lipinski definition) is 0. The Morgan fingerprint density at radius 1 is 1.54 bits per heavy atom. The molecule has 0 amide bonds. The van der Waals surface area contributed by atoms with Gasteiger partial charge < -0.3 is 4.74 Å². The highest BCUT2D eigenvalue weighted by Crippen LogP contribution is 2.28. The normalized spacial score (nSPS) is 10.6. The number of rotatable bonds is 2. The first kappa shape index (κ1) is 10.3. The molecule has 1 heterocycles. The standard InChI is InChI=1S/C7H5BrF3NO/c1-13-4-2-3(9)5(7(10)11)12-6(4)8/h2,7H,1H3. The lowest BCUT2D eigenvalue weighted by Gasteiger charge is -2.05. The van der Waals surface area contributed by atoms with Gasteiger partial charge in [-0.05, 0) is 15.9 Å². The molecule has 0 aliphatic heterocycles. The van der Waals surface area contributed by atoms with Crippen molar-refractivity contribution in [3.8, 4) is 5.75 Å². The zero-order valence-corrected chi connectivity index (χ0v) is 8.11. The maximum Gasteiger partial charge on any atom is 0.283 e. The molecule has 0 spiro atoms. The molecule has 1 aromatic rings. The minimum atomic E-state index is -2.93. The summed E-state index contributed by atoms with van der Waals surface area (Å²) in [6.45, 7) is 0. The second-order valence-electron chi connectivity index (χ2n) is 2.15. The Morgan fingerprint density at radius 2 is 2.15 bits per heavy atom. The molecule has 0 aromatic carbocycles. The van der Waals surface area contributed by atoms with Gasteiger partial charge in [0.05, 0.1) is 7.11 Å². The minimum Gasteiger partial charge on any atom is -0.494 e. The van der Waals surface area contributed by atoms with Gasteiger partial charge in [0, 0.05) is 6.07 Å². The van der Waals surface area contributed by atoms with Crippen LogP contribution in [0.2, 0.25) is 0 Å². The van der Waals surface area contributed by atoms with Gasteiger partial charge in [0.15, 0.2) is 11.6 Å². The van der Waals surface area contributed by atoms with Gasteiger partial charge in [-0.1, -0.05) is 0 Å². The van der Waals surface area contributed by atoms with E-state index >= 15 is 0 Å². The van der Waals surface area contributed by atoms with Crippen molar-refractivity contribution in [3.63, 3.8) is 0 Å². The zero-order chi connectivity index (χ0) is 10.0. The monoisotopic (exact) mass is 255 g/mol. The van der Waals surface area contributed by atoms with Crippen LogP contribution in [0.4, 0.5) is 13.2 Å². The zero-order valence-electron chi connectivity index (χ0n) is 6.52. The van der Waals surface area contributed by atoms with Gasteiger partial charge in [-0.3, -0.25) is 0 Å². The van der Waals surface area contributed by atoms with Crippen LogP contribution in [0.15, 0.2) is 10.7 Å². The SMILES string of the molecule is COc1cc(F)c(C(F)F)nc1Br. The Hall–Kier alpha value is -0.780. The first-order chi connectivity index (χ1) is 6.06. The van der Waals surface area contributed by atoms with Gasteiger partial charge >= 0.3 is 0 Å². The molecule has 0 fully saturated rings. The molecule has 2 nitrogen and oxygen atoms in total. The van der Waals surface area contributed by atoms with Crippen LogP contribution in [0.25, 0.3) is 0 Å². The Labute approximate surface area is 80.9 Å². The van der Waals surface area contributed by atoms with Gasteiger partial charge in [-0.25, -0.2) is 18.2 Å². The number of hydrogen-bond acceptors (Lipinski definition) is 2. The fourth-order valence-electron chi connectivity index (χ4n) is 0.759. The molecule has 0 saturated carbocycles. The number of alkyl halides is 2. The highest BCUT2D eigenvalue weighted by molar-refractivity contribution is 9.10. The van der Waals surface area contributed by atoms with Crippen LogP contribution in [0.5, 0.6) is 5.75 Å². The Bertz CT molecular complexity index is 319. The molecule has 0 aliphatic carbocycles. The first-order valence-electron chi connectivity index (χ1n) is 3.24. The van der Waals surface area contributed by atoms with Crippen molar-refractivity contribution in [2.45, 2.75) is 6.43 Å². The third-order valence-electron chi connectivity index (χ3n) is 1.35. The van der Waals surface area contributed by atoms with Crippen LogP contribution >= 0.6 is 15.9 Å². The molecule has 0 N–H and O–H groups in total. The van der Waals surface area contributed by atoms with Gasteiger partial charge in [0.1, 0.15) is 10.3 Å². The van der Waals surface area contributed by atoms with Crippen LogP contribution in [0.3, 0.4) is 0 Å². The van der Waals surface area contributed by atoms with E-state index in [0.29, 0.717) is 0 Å². The summed E-state index contributed by atoms with van der Waals surface area (Å²) in [5, 5.41) is 0. The van der Waals surface area contributed by atoms with Gasteiger partial charge in [-0.2, -0.15) is 0 Å². The van der Waals surface area contributed by atoms with E-state index < -0.39 is 17.9 Å². The summed E-state index contributed by atoms with van der Waals surface area (Å²) in [7, 11) is 1.29. The van der Waals surface area contributed by atoms with Crippen molar-refractivity contribution in [3.05, 3.63) is 22.2 Å². The lowest BCUT2D eigenvalue weighted by molar-refractivity contribution is 0.140. The predicted molar refractivity (Wildman–Crippen MR) is 43.4 cm³/mol. The predicted octanol–water partition coefficient (Wildman–Crippen LogP) is 2.93. The van der Waals surface area contributed by atoms with Gasteiger partial charge in [0.25, 0.3) is 6.43 Å². The van der Waals surface area contributed by atoms with Crippen molar-refractivity contribution in [2.24, 2.45) is 0 Å². The van der Waals surface area contributed by atoms with Crippen molar-refractivity contribution in [1.82, 2.24) is 4.98 Å². The molecule has 13 heavy (non-hydrogen) atoms.